The van der Waals surface area contributed by atoms with E-state index in [2.05, 4.69) is 176 Å². The zero-order valence-electron chi connectivity index (χ0n) is 29.4. The summed E-state index contributed by atoms with van der Waals surface area (Å²) in [6.07, 6.45) is 17.3. The average Bonchev–Trinajstić information content (AvgIpc) is 3.83. The van der Waals surface area contributed by atoms with Crippen LogP contribution in [0.3, 0.4) is 0 Å². The fraction of sp³-hybridized carbons (Fsp3) is 0. The first-order valence-electron chi connectivity index (χ1n) is 17.5. The molecule has 53 heavy (non-hydrogen) atoms. The van der Waals surface area contributed by atoms with Gasteiger partial charge in [-0.25, -0.2) is 0 Å². The van der Waals surface area contributed by atoms with Crippen molar-refractivity contribution in [1.82, 2.24) is 0 Å². The van der Waals surface area contributed by atoms with Crippen molar-refractivity contribution in [3.63, 3.8) is 0 Å². The summed E-state index contributed by atoms with van der Waals surface area (Å²) in [5.74, 6) is 0. The van der Waals surface area contributed by atoms with Gasteiger partial charge in [0.15, 0.2) is 0 Å². The minimum absolute atomic E-state index is 0. The van der Waals surface area contributed by atoms with Gasteiger partial charge in [0.25, 0.3) is 0 Å². The van der Waals surface area contributed by atoms with Crippen molar-refractivity contribution in [2.24, 2.45) is 0 Å². The molecule has 0 unspecified atom stereocenters. The topological polar surface area (TPSA) is 0 Å². The number of benzene rings is 7. The normalized spacial score (nSPS) is 11.8. The Hall–Kier alpha value is -5.56. The molecule has 0 amide bonds. The molecule has 0 spiro atoms. The van der Waals surface area contributed by atoms with Crippen LogP contribution >= 0.6 is 7.92 Å². The van der Waals surface area contributed by atoms with Gasteiger partial charge in [-0.05, 0) is 23.8 Å². The van der Waals surface area contributed by atoms with Crippen LogP contribution in [0.4, 0.5) is 0 Å². The van der Waals surface area contributed by atoms with Gasteiger partial charge in [0.05, 0.1) is 0 Å². The van der Waals surface area contributed by atoms with Crippen LogP contribution in [-0.4, -0.2) is 0 Å². The van der Waals surface area contributed by atoms with E-state index in [-0.39, 0.29) is 16.8 Å². The summed E-state index contributed by atoms with van der Waals surface area (Å²) in [5, 5.41) is 4.19. The maximum atomic E-state index is 3.63. The van der Waals surface area contributed by atoms with E-state index >= 15 is 0 Å². The van der Waals surface area contributed by atoms with Crippen molar-refractivity contribution in [1.29, 1.82) is 0 Å². The van der Waals surface area contributed by atoms with E-state index in [0.717, 1.165) is 33.4 Å². The van der Waals surface area contributed by atoms with Crippen LogP contribution in [0.5, 0.6) is 0 Å². The van der Waals surface area contributed by atoms with E-state index in [4.69, 9.17) is 0 Å². The van der Waals surface area contributed by atoms with Crippen molar-refractivity contribution in [2.75, 3.05) is 0 Å². The van der Waals surface area contributed by atoms with Crippen molar-refractivity contribution < 1.29 is 16.8 Å². The molecule has 7 aromatic rings. The predicted molar refractivity (Wildman–Crippen MR) is 225 cm³/mol. The Labute approximate surface area is 327 Å². The molecular weight excluding hydrogens is 702 g/mol. The number of hydrogen-bond donors (Lipinski definition) is 0. The molecule has 0 atom stereocenters. The Morgan fingerprint density at radius 1 is 0.302 bits per heavy atom. The van der Waals surface area contributed by atoms with Crippen molar-refractivity contribution in [2.45, 2.75) is 0 Å². The predicted octanol–water partition coefficient (Wildman–Crippen LogP) is 11.6. The molecule has 258 valence electrons. The number of rotatable bonds is 8. The largest absolute Gasteiger partial charge is 2.00 e. The average molecular weight is 743 g/mol. The van der Waals surface area contributed by atoms with Gasteiger partial charge in [-0.2, -0.15) is 23.3 Å². The SMILES string of the molecule is [C-](=C(C(=[C-]c1ccccc1)c1ccccc1)c1ccccc1)c1ccccc1.[CH]1C=CC=C1.[Co+2].c1ccc(P(c2ccccc2)c2ccccc2)cc1. The minimum atomic E-state index is -0.446. The van der Waals surface area contributed by atoms with Crippen molar-refractivity contribution in [3.8, 4) is 0 Å². The molecule has 0 nitrogen and oxygen atoms in total. The molecule has 0 fully saturated rings. The Morgan fingerprint density at radius 2 is 0.566 bits per heavy atom. The molecule has 0 heterocycles. The van der Waals surface area contributed by atoms with Gasteiger partial charge in [-0.3, -0.25) is 0 Å². The maximum Gasteiger partial charge on any atom is 2.00 e. The monoisotopic (exact) mass is 742 g/mol. The van der Waals surface area contributed by atoms with E-state index in [1.54, 1.807) is 0 Å². The summed E-state index contributed by atoms with van der Waals surface area (Å²) in [6, 6.07) is 73.7. The first kappa shape index (κ1) is 38.7. The standard InChI is InChI=1S/C28H20.C18H15P.C5H5.Co/c1-5-13-23(14-6-1)21-27(25-17-9-3-10-18-25)28(26-19-11-4-12-20-26)22-24-15-7-2-8-16-24;1-4-10-16(11-5-1)19(17-12-6-2-7-13-17)18-14-8-3-9-15-18;1-2-4-5-3-1;/h1-20H;1-15H;1-5H;/q-2;;;+2. The number of hydrogen-bond acceptors (Lipinski definition) is 0. The van der Waals surface area contributed by atoms with Gasteiger partial charge in [-0.1, -0.05) is 212 Å². The smallest absolute Gasteiger partial charge is 0.174 e. The third-order valence-corrected chi connectivity index (χ3v) is 10.5. The van der Waals surface area contributed by atoms with Crippen LogP contribution in [0.1, 0.15) is 22.3 Å². The summed E-state index contributed by atoms with van der Waals surface area (Å²) in [4.78, 5) is 0. The van der Waals surface area contributed by atoms with E-state index in [0.29, 0.717) is 0 Å². The van der Waals surface area contributed by atoms with Crippen molar-refractivity contribution in [3.05, 3.63) is 277 Å². The van der Waals surface area contributed by atoms with Crippen LogP contribution in [0.15, 0.2) is 237 Å². The Bertz CT molecular complexity index is 1960. The molecule has 0 aliphatic heterocycles. The quantitative estimate of drug-likeness (QED) is 0.0630. The third-order valence-electron chi connectivity index (χ3n) is 8.06. The van der Waals surface area contributed by atoms with Gasteiger partial charge in [0, 0.05) is 6.42 Å². The zero-order chi connectivity index (χ0) is 35.5. The fourth-order valence-corrected chi connectivity index (χ4v) is 7.90. The van der Waals surface area contributed by atoms with Gasteiger partial charge >= 0.3 is 16.8 Å². The first-order valence-corrected chi connectivity index (χ1v) is 18.8. The van der Waals surface area contributed by atoms with E-state index in [9.17, 15) is 0 Å². The molecular formula is C51H40CoP. The van der Waals surface area contributed by atoms with Gasteiger partial charge in [-0.15, -0.1) is 46.5 Å². The zero-order valence-corrected chi connectivity index (χ0v) is 31.3. The second kappa shape index (κ2) is 21.7. The molecule has 2 heteroatoms. The molecule has 0 saturated carbocycles. The summed E-state index contributed by atoms with van der Waals surface area (Å²) >= 11 is 0. The Morgan fingerprint density at radius 3 is 0.830 bits per heavy atom. The Balaban J connectivity index is 0.000000186. The second-order valence-electron chi connectivity index (χ2n) is 11.8. The summed E-state index contributed by atoms with van der Waals surface area (Å²) in [5.41, 5.74) is 6.39. The molecule has 1 aliphatic rings. The molecule has 0 saturated heterocycles. The molecule has 0 N–H and O–H groups in total. The second-order valence-corrected chi connectivity index (χ2v) is 14.0. The minimum Gasteiger partial charge on any atom is -0.174 e. The van der Waals surface area contributed by atoms with Gasteiger partial charge < -0.3 is 0 Å². The van der Waals surface area contributed by atoms with Gasteiger partial charge in [0.1, 0.15) is 0 Å². The Kier molecular flexibility index (Phi) is 15.8. The number of allylic oxidation sites excluding steroid dienone is 6. The van der Waals surface area contributed by atoms with E-state index < -0.39 is 7.92 Å². The molecule has 8 rings (SSSR count). The molecule has 7 aromatic carbocycles. The van der Waals surface area contributed by atoms with Crippen LogP contribution in [0, 0.1) is 18.6 Å². The van der Waals surface area contributed by atoms with Crippen LogP contribution in [0.25, 0.3) is 11.1 Å². The van der Waals surface area contributed by atoms with Crippen LogP contribution in [0.2, 0.25) is 0 Å². The van der Waals surface area contributed by atoms with Crippen molar-refractivity contribution >= 4 is 35.0 Å². The van der Waals surface area contributed by atoms with E-state index in [1.165, 1.54) is 15.9 Å². The molecule has 0 aromatic heterocycles. The summed E-state index contributed by atoms with van der Waals surface area (Å²) in [6.45, 7) is 0. The van der Waals surface area contributed by atoms with Gasteiger partial charge in [0.2, 0.25) is 0 Å². The van der Waals surface area contributed by atoms with Crippen LogP contribution in [-0.2, 0) is 16.8 Å². The summed E-state index contributed by atoms with van der Waals surface area (Å²) in [7, 11) is -0.446. The maximum absolute atomic E-state index is 3.63. The third kappa shape index (κ3) is 12.0. The molecule has 1 aliphatic carbocycles. The summed E-state index contributed by atoms with van der Waals surface area (Å²) < 4.78 is 0. The van der Waals surface area contributed by atoms with E-state index in [1.807, 2.05) is 79.3 Å². The first-order chi connectivity index (χ1) is 25.8. The molecule has 2 radical (unpaired) electrons. The van der Waals surface area contributed by atoms with Crippen LogP contribution < -0.4 is 15.9 Å². The fourth-order valence-electron chi connectivity index (χ4n) is 5.60. The molecule has 0 bridgehead atoms.